The van der Waals surface area contributed by atoms with Gasteiger partial charge in [0.05, 0.1) is 0 Å². The summed E-state index contributed by atoms with van der Waals surface area (Å²) < 4.78 is 1.67. The van der Waals surface area contributed by atoms with Crippen LogP contribution in [0.4, 0.5) is 0 Å². The smallest absolute Gasteiger partial charge is 0.258 e. The van der Waals surface area contributed by atoms with Gasteiger partial charge in [-0.1, -0.05) is 29.8 Å². The van der Waals surface area contributed by atoms with E-state index >= 15 is 0 Å². The Hall–Kier alpha value is -1.54. The second-order valence-electron chi connectivity index (χ2n) is 3.49. The lowest BCUT2D eigenvalue weighted by molar-refractivity contribution is 0.729. The average molecular weight is 234 g/mol. The van der Waals surface area contributed by atoms with Crippen molar-refractivity contribution >= 4 is 11.6 Å². The summed E-state index contributed by atoms with van der Waals surface area (Å²) in [6.07, 6.45) is 1.78. The summed E-state index contributed by atoms with van der Waals surface area (Å²) >= 11 is 6.08. The number of rotatable bonds is 2. The van der Waals surface area contributed by atoms with E-state index in [2.05, 4.69) is 0 Å². The van der Waals surface area contributed by atoms with Gasteiger partial charge in [0.2, 0.25) is 0 Å². The predicted octanol–water partition coefficient (Wildman–Crippen LogP) is 3.19. The third kappa shape index (κ3) is 1.89. The van der Waals surface area contributed by atoms with Gasteiger partial charge in [-0.15, -0.1) is 0 Å². The lowest BCUT2D eigenvalue weighted by Crippen LogP contribution is -2.19. The highest BCUT2D eigenvalue weighted by Crippen LogP contribution is 2.24. The van der Waals surface area contributed by atoms with Crippen LogP contribution in [0.5, 0.6) is 0 Å². The first-order valence-electron chi connectivity index (χ1n) is 5.18. The molecule has 0 aliphatic rings. The van der Waals surface area contributed by atoms with Crippen molar-refractivity contribution in [1.82, 2.24) is 4.57 Å². The van der Waals surface area contributed by atoms with Gasteiger partial charge in [-0.25, -0.2) is 0 Å². The molecule has 0 N–H and O–H groups in total. The Labute approximate surface area is 99.1 Å². The highest BCUT2D eigenvalue weighted by atomic mass is 35.5. The molecule has 0 aliphatic heterocycles. The SMILES string of the molecule is CCn1cccc(-c2ccccc2Cl)c1=O. The Kier molecular flexibility index (Phi) is 3.11. The van der Waals surface area contributed by atoms with Crippen LogP contribution in [0, 0.1) is 0 Å². The highest BCUT2D eigenvalue weighted by molar-refractivity contribution is 6.33. The van der Waals surface area contributed by atoms with E-state index < -0.39 is 0 Å². The molecule has 0 spiro atoms. The molecule has 1 aromatic heterocycles. The standard InChI is InChI=1S/C13H12ClNO/c1-2-15-9-5-7-11(13(15)16)10-6-3-4-8-12(10)14/h3-9H,2H2,1H3. The molecule has 0 radical (unpaired) electrons. The number of halogens is 1. The molecule has 2 nitrogen and oxygen atoms in total. The Bertz CT molecular complexity index is 560. The number of hydrogen-bond donors (Lipinski definition) is 0. The van der Waals surface area contributed by atoms with Gasteiger partial charge in [0.1, 0.15) is 0 Å². The number of benzene rings is 1. The van der Waals surface area contributed by atoms with E-state index in [9.17, 15) is 4.79 Å². The Balaban J connectivity index is 2.66. The Morgan fingerprint density at radius 1 is 1.12 bits per heavy atom. The minimum Gasteiger partial charge on any atom is -0.315 e. The van der Waals surface area contributed by atoms with Crippen molar-refractivity contribution in [3.8, 4) is 11.1 Å². The second-order valence-corrected chi connectivity index (χ2v) is 3.90. The van der Waals surface area contributed by atoms with Crippen molar-refractivity contribution in [2.45, 2.75) is 13.5 Å². The first-order valence-corrected chi connectivity index (χ1v) is 5.56. The summed E-state index contributed by atoms with van der Waals surface area (Å²) in [7, 11) is 0. The molecule has 82 valence electrons. The normalized spacial score (nSPS) is 10.4. The van der Waals surface area contributed by atoms with Crippen molar-refractivity contribution in [1.29, 1.82) is 0 Å². The van der Waals surface area contributed by atoms with Crippen molar-refractivity contribution in [2.24, 2.45) is 0 Å². The third-order valence-electron chi connectivity index (χ3n) is 2.52. The molecule has 0 amide bonds. The first kappa shape index (κ1) is 11.0. The highest BCUT2D eigenvalue weighted by Gasteiger charge is 2.07. The lowest BCUT2D eigenvalue weighted by atomic mass is 10.1. The van der Waals surface area contributed by atoms with Crippen LogP contribution in [-0.2, 0) is 6.54 Å². The van der Waals surface area contributed by atoms with Gasteiger partial charge in [0.25, 0.3) is 5.56 Å². The topological polar surface area (TPSA) is 22.0 Å². The minimum absolute atomic E-state index is 0.00176. The summed E-state index contributed by atoms with van der Waals surface area (Å²) in [4.78, 5) is 12.1. The fourth-order valence-corrected chi connectivity index (χ4v) is 1.91. The number of aryl methyl sites for hydroxylation is 1. The molecular weight excluding hydrogens is 222 g/mol. The zero-order valence-corrected chi connectivity index (χ0v) is 9.74. The van der Waals surface area contributed by atoms with Gasteiger partial charge in [0, 0.05) is 28.9 Å². The molecule has 0 fully saturated rings. The molecule has 0 unspecified atom stereocenters. The van der Waals surface area contributed by atoms with E-state index in [1.54, 1.807) is 22.9 Å². The molecule has 0 saturated carbocycles. The van der Waals surface area contributed by atoms with E-state index in [0.29, 0.717) is 17.1 Å². The summed E-state index contributed by atoms with van der Waals surface area (Å²) in [5, 5.41) is 0.605. The van der Waals surface area contributed by atoms with Crippen LogP contribution in [0.2, 0.25) is 5.02 Å². The molecule has 2 rings (SSSR count). The van der Waals surface area contributed by atoms with Gasteiger partial charge in [-0.05, 0) is 25.1 Å². The van der Waals surface area contributed by atoms with Crippen molar-refractivity contribution in [3.05, 3.63) is 58.0 Å². The quantitative estimate of drug-likeness (QED) is 0.781. The maximum absolute atomic E-state index is 12.1. The Morgan fingerprint density at radius 2 is 1.81 bits per heavy atom. The van der Waals surface area contributed by atoms with E-state index in [1.807, 2.05) is 31.2 Å². The minimum atomic E-state index is -0.00176. The number of aromatic nitrogens is 1. The van der Waals surface area contributed by atoms with Crippen molar-refractivity contribution in [3.63, 3.8) is 0 Å². The molecule has 2 aromatic rings. The van der Waals surface area contributed by atoms with Crippen LogP contribution in [0.1, 0.15) is 6.92 Å². The van der Waals surface area contributed by atoms with Crippen LogP contribution in [0.3, 0.4) is 0 Å². The molecule has 0 atom stereocenters. The third-order valence-corrected chi connectivity index (χ3v) is 2.85. The second kappa shape index (κ2) is 4.54. The van der Waals surface area contributed by atoms with Gasteiger partial charge in [-0.3, -0.25) is 4.79 Å². The number of pyridine rings is 1. The monoisotopic (exact) mass is 233 g/mol. The van der Waals surface area contributed by atoms with Crippen LogP contribution in [-0.4, -0.2) is 4.57 Å². The Morgan fingerprint density at radius 3 is 2.50 bits per heavy atom. The van der Waals surface area contributed by atoms with Gasteiger partial charge >= 0.3 is 0 Å². The van der Waals surface area contributed by atoms with Crippen molar-refractivity contribution < 1.29 is 0 Å². The van der Waals surface area contributed by atoms with Crippen LogP contribution >= 0.6 is 11.6 Å². The largest absolute Gasteiger partial charge is 0.315 e. The molecular formula is C13H12ClNO. The molecule has 1 aromatic carbocycles. The molecule has 0 bridgehead atoms. The first-order chi connectivity index (χ1) is 7.74. The van der Waals surface area contributed by atoms with Gasteiger partial charge in [0.15, 0.2) is 0 Å². The average Bonchev–Trinajstić information content (AvgIpc) is 2.31. The summed E-state index contributed by atoms with van der Waals surface area (Å²) in [6, 6.07) is 11.1. The maximum atomic E-state index is 12.1. The van der Waals surface area contributed by atoms with E-state index in [-0.39, 0.29) is 5.56 Å². The van der Waals surface area contributed by atoms with E-state index in [4.69, 9.17) is 11.6 Å². The predicted molar refractivity (Wildman–Crippen MR) is 66.8 cm³/mol. The molecule has 3 heteroatoms. The fourth-order valence-electron chi connectivity index (χ4n) is 1.67. The summed E-state index contributed by atoms with van der Waals surface area (Å²) in [5.74, 6) is 0. The van der Waals surface area contributed by atoms with E-state index in [0.717, 1.165) is 5.56 Å². The lowest BCUT2D eigenvalue weighted by Gasteiger charge is -2.06. The summed E-state index contributed by atoms with van der Waals surface area (Å²) in [5.41, 5.74) is 1.44. The molecule has 0 aliphatic carbocycles. The zero-order valence-electron chi connectivity index (χ0n) is 8.98. The van der Waals surface area contributed by atoms with Crippen LogP contribution in [0.25, 0.3) is 11.1 Å². The summed E-state index contributed by atoms with van der Waals surface area (Å²) in [6.45, 7) is 2.61. The van der Waals surface area contributed by atoms with Crippen LogP contribution < -0.4 is 5.56 Å². The van der Waals surface area contributed by atoms with Crippen molar-refractivity contribution in [2.75, 3.05) is 0 Å². The molecule has 1 heterocycles. The number of hydrogen-bond acceptors (Lipinski definition) is 1. The maximum Gasteiger partial charge on any atom is 0.258 e. The van der Waals surface area contributed by atoms with Gasteiger partial charge in [-0.2, -0.15) is 0 Å². The zero-order chi connectivity index (χ0) is 11.5. The fraction of sp³-hybridized carbons (Fsp3) is 0.154. The van der Waals surface area contributed by atoms with Gasteiger partial charge < -0.3 is 4.57 Å². The van der Waals surface area contributed by atoms with Crippen LogP contribution in [0.15, 0.2) is 47.4 Å². The molecule has 16 heavy (non-hydrogen) atoms. The molecule has 0 saturated heterocycles. The van der Waals surface area contributed by atoms with E-state index in [1.165, 1.54) is 0 Å². The number of nitrogens with zero attached hydrogens (tertiary/aromatic N) is 1.